The molecule has 0 saturated carbocycles. The second-order valence-electron chi connectivity index (χ2n) is 7.04. The first-order valence-electron chi connectivity index (χ1n) is 9.46. The second-order valence-corrected chi connectivity index (χ2v) is 7.99. The molecule has 0 spiro atoms. The van der Waals surface area contributed by atoms with E-state index in [0.29, 0.717) is 35.2 Å². The first kappa shape index (κ1) is 20.6. The lowest BCUT2D eigenvalue weighted by Gasteiger charge is -2.10. The minimum absolute atomic E-state index is 0.183. The molecule has 0 radical (unpaired) electrons. The van der Waals surface area contributed by atoms with Gasteiger partial charge in [0.15, 0.2) is 0 Å². The van der Waals surface area contributed by atoms with E-state index >= 15 is 0 Å². The normalized spacial score (nSPS) is 10.6. The minimum atomic E-state index is -0.197. The fourth-order valence-corrected chi connectivity index (χ4v) is 3.21. The molecule has 2 aromatic carbocycles. The molecule has 29 heavy (non-hydrogen) atoms. The number of amides is 2. The summed E-state index contributed by atoms with van der Waals surface area (Å²) in [6, 6.07) is 18.2. The highest BCUT2D eigenvalue weighted by Crippen LogP contribution is 2.16. The Labute approximate surface area is 174 Å². The first-order valence-corrected chi connectivity index (χ1v) is 10.3. The molecule has 0 fully saturated rings. The molecule has 2 amide bonds. The molecular formula is C23H24N2O3S. The molecule has 1 heterocycles. The van der Waals surface area contributed by atoms with Crippen LogP contribution in [0, 0.1) is 5.92 Å². The van der Waals surface area contributed by atoms with E-state index in [1.807, 2.05) is 35.7 Å². The summed E-state index contributed by atoms with van der Waals surface area (Å²) >= 11 is 1.37. The third-order valence-electron chi connectivity index (χ3n) is 4.09. The second kappa shape index (κ2) is 9.89. The number of rotatable bonds is 8. The smallest absolute Gasteiger partial charge is 0.265 e. The Kier molecular flexibility index (Phi) is 7.03. The minimum Gasteiger partial charge on any atom is -0.493 e. The number of anilines is 1. The Bertz CT molecular complexity index is 951. The van der Waals surface area contributed by atoms with Crippen molar-refractivity contribution in [2.24, 2.45) is 5.92 Å². The number of carbonyl (C=O) groups is 2. The molecule has 150 valence electrons. The number of benzene rings is 2. The van der Waals surface area contributed by atoms with Gasteiger partial charge in [0.05, 0.1) is 11.5 Å². The van der Waals surface area contributed by atoms with Gasteiger partial charge in [-0.05, 0) is 53.3 Å². The van der Waals surface area contributed by atoms with Crippen LogP contribution in [0.4, 0.5) is 5.69 Å². The highest BCUT2D eigenvalue weighted by atomic mass is 32.1. The van der Waals surface area contributed by atoms with Gasteiger partial charge in [-0.15, -0.1) is 11.3 Å². The quantitative estimate of drug-likeness (QED) is 0.553. The summed E-state index contributed by atoms with van der Waals surface area (Å²) in [6.07, 6.45) is 0. The summed E-state index contributed by atoms with van der Waals surface area (Å²) < 4.78 is 5.67. The van der Waals surface area contributed by atoms with Gasteiger partial charge in [0.25, 0.3) is 11.8 Å². The van der Waals surface area contributed by atoms with Crippen molar-refractivity contribution >= 4 is 28.8 Å². The lowest BCUT2D eigenvalue weighted by atomic mass is 10.1. The molecule has 0 unspecified atom stereocenters. The van der Waals surface area contributed by atoms with Crippen LogP contribution in [-0.2, 0) is 6.54 Å². The van der Waals surface area contributed by atoms with Crippen molar-refractivity contribution in [2.75, 3.05) is 11.9 Å². The molecule has 3 rings (SSSR count). The van der Waals surface area contributed by atoms with Gasteiger partial charge >= 0.3 is 0 Å². The molecule has 0 atom stereocenters. The van der Waals surface area contributed by atoms with Crippen LogP contribution in [0.3, 0.4) is 0 Å². The zero-order chi connectivity index (χ0) is 20.6. The van der Waals surface area contributed by atoms with Crippen LogP contribution < -0.4 is 15.4 Å². The molecule has 0 aliphatic heterocycles. The number of thiophene rings is 1. The molecule has 5 nitrogen and oxygen atoms in total. The Hall–Kier alpha value is -3.12. The van der Waals surface area contributed by atoms with Gasteiger partial charge in [0.1, 0.15) is 5.75 Å². The summed E-state index contributed by atoms with van der Waals surface area (Å²) in [5.41, 5.74) is 2.06. The maximum absolute atomic E-state index is 12.5. The van der Waals surface area contributed by atoms with Gasteiger partial charge in [-0.3, -0.25) is 9.59 Å². The Morgan fingerprint density at radius 1 is 1.00 bits per heavy atom. The monoisotopic (exact) mass is 408 g/mol. The average Bonchev–Trinajstić information content (AvgIpc) is 3.26. The summed E-state index contributed by atoms with van der Waals surface area (Å²) in [6.45, 7) is 5.30. The lowest BCUT2D eigenvalue weighted by molar-refractivity contribution is 0.0949. The molecule has 0 aliphatic carbocycles. The van der Waals surface area contributed by atoms with Crippen LogP contribution in [0.1, 0.15) is 39.4 Å². The van der Waals surface area contributed by atoms with E-state index in [2.05, 4.69) is 24.5 Å². The van der Waals surface area contributed by atoms with Crippen LogP contribution in [-0.4, -0.2) is 18.4 Å². The Morgan fingerprint density at radius 3 is 2.48 bits per heavy atom. The van der Waals surface area contributed by atoms with Crippen LogP contribution >= 0.6 is 11.3 Å². The summed E-state index contributed by atoms with van der Waals surface area (Å²) in [5, 5.41) is 7.57. The van der Waals surface area contributed by atoms with E-state index in [0.717, 1.165) is 11.3 Å². The maximum atomic E-state index is 12.5. The van der Waals surface area contributed by atoms with Gasteiger partial charge < -0.3 is 15.4 Å². The van der Waals surface area contributed by atoms with Crippen LogP contribution in [0.15, 0.2) is 66.0 Å². The third-order valence-corrected chi connectivity index (χ3v) is 4.96. The van der Waals surface area contributed by atoms with Crippen molar-refractivity contribution in [3.8, 4) is 5.75 Å². The summed E-state index contributed by atoms with van der Waals surface area (Å²) in [4.78, 5) is 25.3. The largest absolute Gasteiger partial charge is 0.493 e. The molecule has 0 saturated heterocycles. The number of ether oxygens (including phenoxy) is 1. The zero-order valence-corrected chi connectivity index (χ0v) is 17.3. The highest BCUT2D eigenvalue weighted by molar-refractivity contribution is 7.12. The van der Waals surface area contributed by atoms with Crippen molar-refractivity contribution in [3.63, 3.8) is 0 Å². The van der Waals surface area contributed by atoms with Crippen molar-refractivity contribution < 1.29 is 14.3 Å². The van der Waals surface area contributed by atoms with Crippen molar-refractivity contribution in [1.29, 1.82) is 0 Å². The average molecular weight is 409 g/mol. The zero-order valence-electron chi connectivity index (χ0n) is 16.5. The molecule has 3 aromatic rings. The van der Waals surface area contributed by atoms with Crippen molar-refractivity contribution in [1.82, 2.24) is 5.32 Å². The van der Waals surface area contributed by atoms with E-state index in [1.54, 1.807) is 30.3 Å². The van der Waals surface area contributed by atoms with E-state index in [1.165, 1.54) is 11.3 Å². The number of nitrogens with one attached hydrogen (secondary N) is 2. The predicted molar refractivity (Wildman–Crippen MR) is 117 cm³/mol. The Morgan fingerprint density at radius 2 is 1.79 bits per heavy atom. The first-order chi connectivity index (χ1) is 14.0. The molecule has 0 aliphatic rings. The Balaban J connectivity index is 1.55. The maximum Gasteiger partial charge on any atom is 0.265 e. The third kappa shape index (κ3) is 6.19. The molecule has 2 N–H and O–H groups in total. The lowest BCUT2D eigenvalue weighted by Crippen LogP contribution is -2.23. The summed E-state index contributed by atoms with van der Waals surface area (Å²) in [5.74, 6) is 0.914. The van der Waals surface area contributed by atoms with Gasteiger partial charge in [0.2, 0.25) is 0 Å². The molecular weight excluding hydrogens is 384 g/mol. The van der Waals surface area contributed by atoms with E-state index in [4.69, 9.17) is 4.74 Å². The van der Waals surface area contributed by atoms with E-state index in [9.17, 15) is 9.59 Å². The number of carbonyl (C=O) groups excluding carboxylic acids is 2. The highest BCUT2D eigenvalue weighted by Gasteiger charge is 2.10. The predicted octanol–water partition coefficient (Wildman–Crippen LogP) is 4.97. The standard InChI is InChI=1S/C23H24N2O3S/c1-16(2)15-28-20-10-8-17(9-11-20)14-24-22(26)18-5-3-6-19(13-18)25-23(27)21-7-4-12-29-21/h3-13,16H,14-15H2,1-2H3,(H,24,26)(H,25,27). The van der Waals surface area contributed by atoms with Crippen LogP contribution in [0.5, 0.6) is 5.75 Å². The summed E-state index contributed by atoms with van der Waals surface area (Å²) in [7, 11) is 0. The van der Waals surface area contributed by atoms with Crippen LogP contribution in [0.25, 0.3) is 0 Å². The number of hydrogen-bond donors (Lipinski definition) is 2. The fraction of sp³-hybridized carbons (Fsp3) is 0.217. The van der Waals surface area contributed by atoms with Crippen molar-refractivity contribution in [3.05, 3.63) is 82.0 Å². The van der Waals surface area contributed by atoms with E-state index < -0.39 is 0 Å². The SMILES string of the molecule is CC(C)COc1ccc(CNC(=O)c2cccc(NC(=O)c3cccs3)c2)cc1. The topological polar surface area (TPSA) is 67.4 Å². The van der Waals surface area contributed by atoms with Gasteiger partial charge in [-0.25, -0.2) is 0 Å². The fourth-order valence-electron chi connectivity index (χ4n) is 2.59. The molecule has 6 heteroatoms. The van der Waals surface area contributed by atoms with Crippen molar-refractivity contribution in [2.45, 2.75) is 20.4 Å². The van der Waals surface area contributed by atoms with Gasteiger partial charge in [-0.2, -0.15) is 0 Å². The molecule has 0 bridgehead atoms. The molecule has 1 aromatic heterocycles. The van der Waals surface area contributed by atoms with Crippen LogP contribution in [0.2, 0.25) is 0 Å². The van der Waals surface area contributed by atoms with E-state index in [-0.39, 0.29) is 11.8 Å². The van der Waals surface area contributed by atoms with Gasteiger partial charge in [-0.1, -0.05) is 38.1 Å². The van der Waals surface area contributed by atoms with Gasteiger partial charge in [0, 0.05) is 17.8 Å². The number of hydrogen-bond acceptors (Lipinski definition) is 4.